The number of aliphatic imine (C=N–C) groups is 1. The number of aryl methyl sites for hydroxylation is 1. The smallest absolute Gasteiger partial charge is 0.418 e. The number of nitrogens with zero attached hydrogens (tertiary/aromatic N) is 4. The van der Waals surface area contributed by atoms with E-state index < -0.39 is 68.9 Å². The van der Waals surface area contributed by atoms with E-state index in [1.165, 1.54) is 26.2 Å². The number of guanidine groups is 1. The molecule has 0 spiro atoms. The van der Waals surface area contributed by atoms with Crippen molar-refractivity contribution in [3.05, 3.63) is 40.4 Å². The summed E-state index contributed by atoms with van der Waals surface area (Å²) in [6, 6.07) is 3.95. The van der Waals surface area contributed by atoms with Crippen molar-refractivity contribution in [1.29, 1.82) is 0 Å². The van der Waals surface area contributed by atoms with Crippen LogP contribution in [0.15, 0.2) is 33.7 Å². The van der Waals surface area contributed by atoms with Gasteiger partial charge in [-0.05, 0) is 77.6 Å². The summed E-state index contributed by atoms with van der Waals surface area (Å²) in [6.07, 6.45) is -1.36. The molecule has 0 saturated carbocycles. The molecule has 5 rings (SSSR count). The SMILES string of the molecule is CC(C)(C)OC(=O)Nc1nc(/C(=N/O[C@](C)(C(=O)O)[C@H]2CCc3cc([C@H]4CNC(NCCN)=N4)ccc3O2)C(=O)N[C@@H]2C(=O)N(OS(=O)(=O)O)C2(C)C)cs1. The number of carboxylic acid groups (broad SMARTS) is 1. The highest BCUT2D eigenvalue weighted by Gasteiger charge is 2.58. The molecule has 3 amide bonds. The van der Waals surface area contributed by atoms with Gasteiger partial charge in [-0.1, -0.05) is 11.2 Å². The zero-order valence-corrected chi connectivity index (χ0v) is 32.4. The second-order valence-corrected chi connectivity index (χ2v) is 16.3. The Hall–Kier alpha value is -5.10. The van der Waals surface area contributed by atoms with Crippen molar-refractivity contribution in [3.63, 3.8) is 0 Å². The van der Waals surface area contributed by atoms with Crippen LogP contribution in [0, 0.1) is 0 Å². The maximum atomic E-state index is 13.8. The number of ether oxygens (including phenoxy) is 2. The first kappa shape index (κ1) is 41.1. The predicted molar refractivity (Wildman–Crippen MR) is 196 cm³/mol. The number of fused-ring (bicyclic) bond motifs is 1. The number of hydrogen-bond acceptors (Lipinski definition) is 17. The number of nitrogens with one attached hydrogen (secondary N) is 4. The number of thiazole rings is 1. The van der Waals surface area contributed by atoms with Gasteiger partial charge in [0, 0.05) is 25.0 Å². The fourth-order valence-corrected chi connectivity index (χ4v) is 6.90. The molecule has 3 aliphatic rings. The molecule has 4 heterocycles. The van der Waals surface area contributed by atoms with E-state index in [4.69, 9.17) is 24.6 Å². The normalized spacial score (nSPS) is 21.8. The number of nitrogens with two attached hydrogens (primary N) is 1. The first-order valence-corrected chi connectivity index (χ1v) is 19.2. The lowest BCUT2D eigenvalue weighted by Crippen LogP contribution is -2.76. The molecule has 2 aromatic rings. The number of carboxylic acids is 1. The molecule has 1 fully saturated rings. The number of β-lactam (4-membered cyclic amide) rings is 1. The van der Waals surface area contributed by atoms with E-state index >= 15 is 0 Å². The van der Waals surface area contributed by atoms with Gasteiger partial charge in [0.05, 0.1) is 11.6 Å². The standard InChI is InChI=1S/C32H43N9O12S2/c1-30(2,3)51-29(46)39-28-37-19(15-54-28)22(24(42)38-23-25(43)41(31(23,4)5)53-55(47,48)49)40-52-32(6,26(44)45)21-10-8-17-13-16(7-9-20(17)50-21)18-14-35-27(36-18)34-12-11-33/h7,9,13,15,18,21,23H,8,10-12,14,33H2,1-6H3,(H,38,42)(H,44,45)(H2,34,35,36)(H,37,39,46)(H,47,48,49)/b40-22-/t18-,21-,23-,32+/m1/s1. The van der Waals surface area contributed by atoms with Crippen LogP contribution in [-0.4, -0.2) is 112 Å². The van der Waals surface area contributed by atoms with Gasteiger partial charge >= 0.3 is 22.5 Å². The number of carbonyl (C=O) groups excluding carboxylic acids is 3. The summed E-state index contributed by atoms with van der Waals surface area (Å²) in [5.74, 6) is -2.52. The van der Waals surface area contributed by atoms with Gasteiger partial charge in [0.25, 0.3) is 17.4 Å². The minimum absolute atomic E-state index is 0.0211. The largest absolute Gasteiger partial charge is 0.485 e. The second-order valence-electron chi connectivity index (χ2n) is 14.4. The average molecular weight is 810 g/mol. The number of carbonyl (C=O) groups is 4. The van der Waals surface area contributed by atoms with Crippen LogP contribution < -0.4 is 31.7 Å². The zero-order chi connectivity index (χ0) is 40.5. The van der Waals surface area contributed by atoms with E-state index in [0.717, 1.165) is 22.5 Å². The number of hydroxylamine groups is 2. The lowest BCUT2D eigenvalue weighted by molar-refractivity contribution is -0.218. The maximum Gasteiger partial charge on any atom is 0.418 e. The molecule has 0 radical (unpaired) electrons. The summed E-state index contributed by atoms with van der Waals surface area (Å²) in [4.78, 5) is 66.3. The van der Waals surface area contributed by atoms with Crippen LogP contribution in [0.4, 0.5) is 9.93 Å². The summed E-state index contributed by atoms with van der Waals surface area (Å²) in [5.41, 5.74) is 2.02. The fraction of sp³-hybridized carbons (Fsp3) is 0.531. The Bertz CT molecular complexity index is 2010. The third-order valence-electron chi connectivity index (χ3n) is 8.66. The van der Waals surface area contributed by atoms with Crippen LogP contribution in [-0.2, 0) is 45.1 Å². The van der Waals surface area contributed by atoms with Crippen molar-refractivity contribution in [1.82, 2.24) is 26.0 Å². The van der Waals surface area contributed by atoms with Crippen molar-refractivity contribution >= 4 is 62.4 Å². The van der Waals surface area contributed by atoms with Crippen LogP contribution in [0.2, 0.25) is 0 Å². The molecule has 8 N–H and O–H groups in total. The second kappa shape index (κ2) is 15.6. The Balaban J connectivity index is 1.39. The summed E-state index contributed by atoms with van der Waals surface area (Å²) in [5, 5.41) is 27.2. The van der Waals surface area contributed by atoms with Crippen LogP contribution in [0.1, 0.15) is 70.8 Å². The molecule has 300 valence electrons. The number of hydrogen-bond donors (Lipinski definition) is 7. The first-order valence-electron chi connectivity index (χ1n) is 16.9. The molecule has 55 heavy (non-hydrogen) atoms. The highest BCUT2D eigenvalue weighted by molar-refractivity contribution is 7.80. The molecule has 4 atom stereocenters. The van der Waals surface area contributed by atoms with Gasteiger partial charge in [-0.15, -0.1) is 15.6 Å². The van der Waals surface area contributed by atoms with Crippen LogP contribution in [0.25, 0.3) is 0 Å². The van der Waals surface area contributed by atoms with Crippen molar-refractivity contribution in [2.24, 2.45) is 15.9 Å². The number of aliphatic carboxylic acids is 1. The lowest BCUT2D eigenvalue weighted by Gasteiger charge is -2.50. The van der Waals surface area contributed by atoms with Gasteiger partial charge in [0.1, 0.15) is 23.1 Å². The molecule has 0 bridgehead atoms. The van der Waals surface area contributed by atoms with Crippen molar-refractivity contribution < 1.29 is 55.9 Å². The minimum Gasteiger partial charge on any atom is -0.485 e. The molecule has 23 heteroatoms. The van der Waals surface area contributed by atoms with E-state index in [1.807, 2.05) is 12.1 Å². The van der Waals surface area contributed by atoms with E-state index in [1.54, 1.807) is 26.8 Å². The Labute approximate surface area is 319 Å². The average Bonchev–Trinajstić information content (AvgIpc) is 3.76. The fourth-order valence-electron chi connectivity index (χ4n) is 5.77. The quantitative estimate of drug-likeness (QED) is 0.0638. The third-order valence-corrected chi connectivity index (χ3v) is 9.75. The molecule has 0 aliphatic carbocycles. The molecule has 1 aromatic heterocycles. The third kappa shape index (κ3) is 9.41. The van der Waals surface area contributed by atoms with Gasteiger partial charge in [-0.2, -0.15) is 13.5 Å². The predicted octanol–water partition coefficient (Wildman–Crippen LogP) is 0.837. The highest BCUT2D eigenvalue weighted by Crippen LogP contribution is 2.37. The minimum atomic E-state index is -5.08. The number of anilines is 1. The van der Waals surface area contributed by atoms with E-state index in [0.29, 0.717) is 42.8 Å². The van der Waals surface area contributed by atoms with E-state index in [2.05, 4.69) is 40.7 Å². The van der Waals surface area contributed by atoms with Gasteiger partial charge in [-0.3, -0.25) is 19.5 Å². The molecule has 3 aliphatic heterocycles. The van der Waals surface area contributed by atoms with Gasteiger partial charge in [0.2, 0.25) is 0 Å². The Morgan fingerprint density at radius 2 is 1.96 bits per heavy atom. The van der Waals surface area contributed by atoms with Gasteiger partial charge in [0.15, 0.2) is 22.9 Å². The van der Waals surface area contributed by atoms with Gasteiger partial charge in [-0.25, -0.2) is 19.6 Å². The Morgan fingerprint density at radius 1 is 1.24 bits per heavy atom. The number of oxime groups is 1. The van der Waals surface area contributed by atoms with Crippen molar-refractivity contribution in [2.75, 3.05) is 25.0 Å². The Morgan fingerprint density at radius 3 is 2.60 bits per heavy atom. The molecule has 1 saturated heterocycles. The molecular formula is C32H43N9O12S2. The van der Waals surface area contributed by atoms with Crippen LogP contribution >= 0.6 is 11.3 Å². The van der Waals surface area contributed by atoms with E-state index in [-0.39, 0.29) is 23.3 Å². The highest BCUT2D eigenvalue weighted by atomic mass is 32.3. The summed E-state index contributed by atoms with van der Waals surface area (Å²) >= 11 is 0.878. The molecular weight excluding hydrogens is 767 g/mol. The first-order chi connectivity index (χ1) is 25.6. The van der Waals surface area contributed by atoms with Crippen LogP contribution in [0.3, 0.4) is 0 Å². The molecule has 21 nitrogen and oxygen atoms in total. The summed E-state index contributed by atoms with van der Waals surface area (Å²) in [6.45, 7) is 10.5. The zero-order valence-electron chi connectivity index (χ0n) is 30.7. The summed E-state index contributed by atoms with van der Waals surface area (Å²) in [7, 11) is -5.08. The monoisotopic (exact) mass is 809 g/mol. The van der Waals surface area contributed by atoms with Crippen molar-refractivity contribution in [2.45, 2.75) is 89.3 Å². The maximum absolute atomic E-state index is 13.8. The lowest BCUT2D eigenvalue weighted by atomic mass is 9.84. The van der Waals surface area contributed by atoms with E-state index in [9.17, 15) is 32.7 Å². The number of aromatic nitrogens is 1. The number of rotatable bonds is 13. The van der Waals surface area contributed by atoms with Crippen molar-refractivity contribution in [3.8, 4) is 5.75 Å². The summed E-state index contributed by atoms with van der Waals surface area (Å²) < 4.78 is 47.4. The molecule has 0 unspecified atom stereocenters. The van der Waals surface area contributed by atoms with Crippen LogP contribution in [0.5, 0.6) is 5.75 Å². The molecule has 1 aromatic carbocycles. The van der Waals surface area contributed by atoms with Gasteiger partial charge < -0.3 is 41.1 Å². The topological polar surface area (TPSA) is 295 Å². The number of benzene rings is 1. The number of amides is 3. The Kier molecular flexibility index (Phi) is 11.6.